The van der Waals surface area contributed by atoms with E-state index in [0.717, 1.165) is 11.1 Å². The molecule has 2 aromatic rings. The number of benzene rings is 2. The molecular weight excluding hydrogens is 436 g/mol. The lowest BCUT2D eigenvalue weighted by Gasteiger charge is -2.14. The van der Waals surface area contributed by atoms with Crippen molar-refractivity contribution >= 4 is 18.0 Å². The number of carbonyl (C=O) groups is 3. The van der Waals surface area contributed by atoms with Gasteiger partial charge in [-0.15, -0.1) is 0 Å². The Morgan fingerprint density at radius 3 is 2.26 bits per heavy atom. The maximum atomic E-state index is 12.3. The van der Waals surface area contributed by atoms with Crippen LogP contribution in [-0.4, -0.2) is 55.5 Å². The number of hydrogen-bond donors (Lipinski definition) is 3. The predicted molar refractivity (Wildman–Crippen MR) is 123 cm³/mol. The van der Waals surface area contributed by atoms with E-state index in [0.29, 0.717) is 25.9 Å². The fourth-order valence-electron chi connectivity index (χ4n) is 5.02. The van der Waals surface area contributed by atoms with E-state index < -0.39 is 18.0 Å². The average molecular weight is 465 g/mol. The van der Waals surface area contributed by atoms with Crippen LogP contribution < -0.4 is 10.6 Å². The Morgan fingerprint density at radius 2 is 1.62 bits per heavy atom. The minimum Gasteiger partial charge on any atom is -0.481 e. The summed E-state index contributed by atoms with van der Waals surface area (Å²) in [6, 6.07) is 16.4. The number of rotatable bonds is 8. The van der Waals surface area contributed by atoms with Crippen LogP contribution in [0.5, 0.6) is 0 Å². The molecule has 5 rings (SSSR count). The Morgan fingerprint density at radius 1 is 0.941 bits per heavy atom. The smallest absolute Gasteiger partial charge is 0.407 e. The van der Waals surface area contributed by atoms with E-state index >= 15 is 0 Å². The molecule has 3 N–H and O–H groups in total. The number of carbonyl (C=O) groups excluding carboxylic acids is 2. The van der Waals surface area contributed by atoms with Crippen molar-refractivity contribution in [2.24, 2.45) is 17.8 Å². The molecule has 1 heterocycles. The van der Waals surface area contributed by atoms with Gasteiger partial charge in [0.15, 0.2) is 0 Å². The van der Waals surface area contributed by atoms with Gasteiger partial charge < -0.3 is 25.2 Å². The van der Waals surface area contributed by atoms with Crippen molar-refractivity contribution in [2.45, 2.75) is 24.9 Å². The van der Waals surface area contributed by atoms with Crippen LogP contribution in [0, 0.1) is 17.8 Å². The van der Waals surface area contributed by atoms with Crippen molar-refractivity contribution in [3.63, 3.8) is 0 Å². The first kappa shape index (κ1) is 22.4. The summed E-state index contributed by atoms with van der Waals surface area (Å²) in [6.45, 7) is 1.14. The van der Waals surface area contributed by atoms with Gasteiger partial charge in [-0.05, 0) is 41.0 Å². The Labute approximate surface area is 197 Å². The molecule has 4 atom stereocenters. The Kier molecular flexibility index (Phi) is 6.24. The second-order valence-electron chi connectivity index (χ2n) is 9.28. The molecule has 1 saturated heterocycles. The molecule has 34 heavy (non-hydrogen) atoms. The van der Waals surface area contributed by atoms with Crippen molar-refractivity contribution in [2.75, 3.05) is 26.3 Å². The van der Waals surface area contributed by atoms with E-state index in [1.807, 2.05) is 24.3 Å². The maximum Gasteiger partial charge on any atom is 0.407 e. The molecule has 0 radical (unpaired) electrons. The summed E-state index contributed by atoms with van der Waals surface area (Å²) in [5.74, 6) is -1.51. The minimum atomic E-state index is -0.865. The molecule has 2 amide bonds. The fourth-order valence-corrected chi connectivity index (χ4v) is 5.02. The molecule has 8 heteroatoms. The van der Waals surface area contributed by atoms with Gasteiger partial charge in [0.25, 0.3) is 0 Å². The Hall–Kier alpha value is -3.39. The number of alkyl carbamates (subject to hydrolysis) is 1. The summed E-state index contributed by atoms with van der Waals surface area (Å²) in [5.41, 5.74) is 4.69. The highest BCUT2D eigenvalue weighted by Crippen LogP contribution is 2.44. The van der Waals surface area contributed by atoms with E-state index in [4.69, 9.17) is 14.6 Å². The fraction of sp³-hybridized carbons (Fsp3) is 0.423. The Bertz CT molecular complexity index is 1060. The molecule has 178 valence electrons. The highest BCUT2D eigenvalue weighted by molar-refractivity contribution is 5.82. The first-order valence-electron chi connectivity index (χ1n) is 11.7. The van der Waals surface area contributed by atoms with E-state index in [1.54, 1.807) is 0 Å². The third kappa shape index (κ3) is 4.63. The molecule has 1 aliphatic heterocycles. The largest absolute Gasteiger partial charge is 0.481 e. The van der Waals surface area contributed by atoms with Gasteiger partial charge >= 0.3 is 12.1 Å². The lowest BCUT2D eigenvalue weighted by atomic mass is 9.98. The van der Waals surface area contributed by atoms with E-state index in [-0.39, 0.29) is 43.0 Å². The van der Waals surface area contributed by atoms with Crippen LogP contribution in [0.1, 0.15) is 29.9 Å². The highest BCUT2D eigenvalue weighted by Gasteiger charge is 2.43. The number of fused-ring (bicyclic) bond motifs is 3. The quantitative estimate of drug-likeness (QED) is 0.554. The van der Waals surface area contributed by atoms with Crippen molar-refractivity contribution in [1.29, 1.82) is 0 Å². The lowest BCUT2D eigenvalue weighted by molar-refractivity contribution is -0.141. The van der Waals surface area contributed by atoms with Gasteiger partial charge in [-0.25, -0.2) is 4.79 Å². The zero-order valence-electron chi connectivity index (χ0n) is 18.7. The molecule has 1 saturated carbocycles. The molecule has 2 fully saturated rings. The lowest BCUT2D eigenvalue weighted by Crippen LogP contribution is -2.34. The predicted octanol–water partition coefficient (Wildman–Crippen LogP) is 2.77. The minimum absolute atomic E-state index is 0.0103. The van der Waals surface area contributed by atoms with Gasteiger partial charge in [0.1, 0.15) is 6.61 Å². The number of carboxylic acid groups (broad SMARTS) is 1. The van der Waals surface area contributed by atoms with Crippen molar-refractivity contribution in [3.8, 4) is 11.1 Å². The summed E-state index contributed by atoms with van der Waals surface area (Å²) < 4.78 is 11.0. The molecule has 0 spiro atoms. The molecule has 0 aromatic heterocycles. The van der Waals surface area contributed by atoms with E-state index in [9.17, 15) is 14.4 Å². The van der Waals surface area contributed by atoms with Gasteiger partial charge in [-0.2, -0.15) is 0 Å². The van der Waals surface area contributed by atoms with Crippen LogP contribution in [0.25, 0.3) is 11.1 Å². The van der Waals surface area contributed by atoms with Crippen LogP contribution in [0.3, 0.4) is 0 Å². The number of ether oxygens (including phenoxy) is 2. The first-order valence-corrected chi connectivity index (χ1v) is 11.7. The molecule has 8 nitrogen and oxygen atoms in total. The molecular formula is C26H28N2O6. The summed E-state index contributed by atoms with van der Waals surface area (Å²) in [6.07, 6.45) is 0.374. The first-order chi connectivity index (χ1) is 16.5. The summed E-state index contributed by atoms with van der Waals surface area (Å²) in [5, 5.41) is 14.6. The zero-order chi connectivity index (χ0) is 23.7. The molecule has 3 aliphatic rings. The highest BCUT2D eigenvalue weighted by atomic mass is 16.5. The zero-order valence-corrected chi connectivity index (χ0v) is 18.7. The van der Waals surface area contributed by atoms with Crippen LogP contribution in [0.4, 0.5) is 4.79 Å². The summed E-state index contributed by atoms with van der Waals surface area (Å²) in [7, 11) is 0. The monoisotopic (exact) mass is 464 g/mol. The van der Waals surface area contributed by atoms with Crippen molar-refractivity contribution < 1.29 is 29.0 Å². The van der Waals surface area contributed by atoms with E-state index in [2.05, 4.69) is 34.9 Å². The number of hydrogen-bond acceptors (Lipinski definition) is 5. The Balaban J connectivity index is 1.04. The molecule has 0 bridgehead atoms. The van der Waals surface area contributed by atoms with Crippen molar-refractivity contribution in [3.05, 3.63) is 59.7 Å². The SMILES string of the molecule is O=C(NC[C@@H]1C[C@@H]1C(=O)NCC1CC(C(=O)O)CO1)OCC1c2ccccc2-c2ccccc21. The van der Waals surface area contributed by atoms with Gasteiger partial charge in [0.05, 0.1) is 18.6 Å². The maximum absolute atomic E-state index is 12.3. The summed E-state index contributed by atoms with van der Waals surface area (Å²) in [4.78, 5) is 35.7. The number of nitrogens with one attached hydrogen (secondary N) is 2. The summed E-state index contributed by atoms with van der Waals surface area (Å²) >= 11 is 0. The normalized spacial score (nSPS) is 24.7. The van der Waals surface area contributed by atoms with Crippen LogP contribution in [-0.2, 0) is 19.1 Å². The number of aliphatic carboxylic acids is 1. The third-order valence-electron chi connectivity index (χ3n) is 7.05. The number of carboxylic acids is 1. The second-order valence-corrected chi connectivity index (χ2v) is 9.28. The standard InChI is InChI=1S/C26H28N2O6/c29-24(27-12-17-9-16(13-33-17)25(30)31)22-10-15(22)11-28-26(32)34-14-23-20-7-3-1-5-18(20)19-6-2-4-8-21(19)23/h1-8,15-17,22-23H,9-14H2,(H,27,29)(H,28,32)(H,30,31)/t15-,16?,17?,22-/m0/s1. The third-order valence-corrected chi connectivity index (χ3v) is 7.05. The molecule has 2 unspecified atom stereocenters. The van der Waals surface area contributed by atoms with Gasteiger partial charge in [-0.1, -0.05) is 48.5 Å². The topological polar surface area (TPSA) is 114 Å². The van der Waals surface area contributed by atoms with E-state index in [1.165, 1.54) is 11.1 Å². The van der Waals surface area contributed by atoms with Gasteiger partial charge in [0.2, 0.25) is 5.91 Å². The van der Waals surface area contributed by atoms with Crippen LogP contribution in [0.2, 0.25) is 0 Å². The van der Waals surface area contributed by atoms with Crippen molar-refractivity contribution in [1.82, 2.24) is 10.6 Å². The number of amides is 2. The molecule has 2 aliphatic carbocycles. The molecule has 2 aromatic carbocycles. The van der Waals surface area contributed by atoms with Gasteiger partial charge in [0, 0.05) is 24.9 Å². The second kappa shape index (κ2) is 9.46. The van der Waals surface area contributed by atoms with Gasteiger partial charge in [-0.3, -0.25) is 9.59 Å². The average Bonchev–Trinajstić information content (AvgIpc) is 3.34. The van der Waals surface area contributed by atoms with Crippen LogP contribution in [0.15, 0.2) is 48.5 Å². The van der Waals surface area contributed by atoms with Crippen LogP contribution >= 0.6 is 0 Å².